The van der Waals surface area contributed by atoms with E-state index in [1.807, 2.05) is 24.3 Å². The second-order valence-electron chi connectivity index (χ2n) is 9.32. The molecule has 5 nitrogen and oxygen atoms in total. The Bertz CT molecular complexity index is 1490. The number of imide groups is 1. The molecule has 0 unspecified atom stereocenters. The van der Waals surface area contributed by atoms with Crippen molar-refractivity contribution in [2.45, 2.75) is 11.8 Å². The van der Waals surface area contributed by atoms with E-state index in [0.717, 1.165) is 27.3 Å². The first-order valence-electron chi connectivity index (χ1n) is 11.7. The van der Waals surface area contributed by atoms with Gasteiger partial charge in [-0.25, -0.2) is 0 Å². The molecule has 4 aliphatic rings. The fraction of sp³-hybridized carbons (Fsp3) is 0.138. The molecular weight excluding hydrogens is 495 g/mol. The van der Waals surface area contributed by atoms with E-state index in [1.54, 1.807) is 30.3 Å². The SMILES string of the molecule is O=C1[C@@H]2C3c4ccccc4C(c4ccccc43)[C@H]2C(=O)N1/N=C\c1ccc(-c2ccc(Cl)cc2Cl)o1. The van der Waals surface area contributed by atoms with Crippen molar-refractivity contribution in [1.82, 2.24) is 5.01 Å². The van der Waals surface area contributed by atoms with E-state index in [-0.39, 0.29) is 23.7 Å². The second kappa shape index (κ2) is 7.92. The molecule has 1 aromatic heterocycles. The molecule has 0 saturated carbocycles. The van der Waals surface area contributed by atoms with Crippen molar-refractivity contribution >= 4 is 41.2 Å². The topological polar surface area (TPSA) is 62.9 Å². The van der Waals surface area contributed by atoms with Crippen LogP contribution in [0.2, 0.25) is 10.0 Å². The molecule has 1 aliphatic heterocycles. The van der Waals surface area contributed by atoms with Gasteiger partial charge in [0.05, 0.1) is 23.1 Å². The molecule has 2 atom stereocenters. The van der Waals surface area contributed by atoms with Crippen LogP contribution in [0.1, 0.15) is 39.8 Å². The molecule has 2 heterocycles. The molecular formula is C29H18Cl2N2O3. The van der Waals surface area contributed by atoms with E-state index >= 15 is 0 Å². The molecule has 176 valence electrons. The lowest BCUT2D eigenvalue weighted by molar-refractivity contribution is -0.139. The number of halogens is 2. The van der Waals surface area contributed by atoms with Gasteiger partial charge in [0, 0.05) is 22.4 Å². The third-order valence-electron chi connectivity index (χ3n) is 7.55. The number of hydrogen-bond acceptors (Lipinski definition) is 4. The van der Waals surface area contributed by atoms with Gasteiger partial charge in [0.25, 0.3) is 11.8 Å². The van der Waals surface area contributed by atoms with Gasteiger partial charge in [0.15, 0.2) is 0 Å². The molecule has 4 aromatic rings. The quantitative estimate of drug-likeness (QED) is 0.233. The third kappa shape index (κ3) is 3.00. The number of hydrazone groups is 1. The van der Waals surface area contributed by atoms with Crippen LogP contribution in [-0.2, 0) is 9.59 Å². The Labute approximate surface area is 216 Å². The molecule has 1 saturated heterocycles. The van der Waals surface area contributed by atoms with Crippen molar-refractivity contribution in [3.8, 4) is 11.3 Å². The Morgan fingerprint density at radius 1 is 0.750 bits per heavy atom. The van der Waals surface area contributed by atoms with Gasteiger partial charge < -0.3 is 4.42 Å². The average Bonchev–Trinajstić information content (AvgIpc) is 3.45. The summed E-state index contributed by atoms with van der Waals surface area (Å²) >= 11 is 12.3. The Morgan fingerprint density at radius 2 is 1.31 bits per heavy atom. The minimum Gasteiger partial charge on any atom is -0.455 e. The summed E-state index contributed by atoms with van der Waals surface area (Å²) in [6.07, 6.45) is 1.41. The van der Waals surface area contributed by atoms with Crippen molar-refractivity contribution in [2.75, 3.05) is 0 Å². The van der Waals surface area contributed by atoms with Gasteiger partial charge in [0.2, 0.25) is 0 Å². The largest absolute Gasteiger partial charge is 0.455 e. The standard InChI is InChI=1S/C29H18Cl2N2O3/c30-15-9-11-21(22(31)13-15)23-12-10-16(36-23)14-32-33-28(34)26-24-17-5-1-2-6-18(17)25(27(26)29(33)35)20-8-4-3-7-19(20)24/h1-14,24-27H/b32-14-/t24?,25?,26-,27-/m1/s1. The van der Waals surface area contributed by atoms with Gasteiger partial charge in [-0.05, 0) is 52.6 Å². The fourth-order valence-electron chi connectivity index (χ4n) is 6.15. The monoisotopic (exact) mass is 512 g/mol. The Hall–Kier alpha value is -3.67. The summed E-state index contributed by atoms with van der Waals surface area (Å²) in [5, 5.41) is 6.33. The highest BCUT2D eigenvalue weighted by Gasteiger charge is 2.61. The lowest BCUT2D eigenvalue weighted by atomic mass is 9.55. The summed E-state index contributed by atoms with van der Waals surface area (Å²) in [4.78, 5) is 27.2. The molecule has 7 heteroatoms. The van der Waals surface area contributed by atoms with Crippen LogP contribution in [0.3, 0.4) is 0 Å². The molecule has 0 N–H and O–H groups in total. The van der Waals surface area contributed by atoms with Crippen LogP contribution in [-0.4, -0.2) is 23.0 Å². The third-order valence-corrected chi connectivity index (χ3v) is 8.10. The van der Waals surface area contributed by atoms with E-state index in [4.69, 9.17) is 27.6 Å². The van der Waals surface area contributed by atoms with Crippen LogP contribution < -0.4 is 0 Å². The predicted molar refractivity (Wildman–Crippen MR) is 137 cm³/mol. The van der Waals surface area contributed by atoms with Crippen LogP contribution in [0.25, 0.3) is 11.3 Å². The molecule has 3 aliphatic carbocycles. The summed E-state index contributed by atoms with van der Waals surface area (Å²) in [6.45, 7) is 0. The highest BCUT2D eigenvalue weighted by atomic mass is 35.5. The van der Waals surface area contributed by atoms with E-state index < -0.39 is 11.8 Å². The van der Waals surface area contributed by atoms with Gasteiger partial charge in [0.1, 0.15) is 11.5 Å². The first-order valence-corrected chi connectivity index (χ1v) is 12.4. The fourth-order valence-corrected chi connectivity index (χ4v) is 6.65. The smallest absolute Gasteiger partial charge is 0.254 e. The summed E-state index contributed by atoms with van der Waals surface area (Å²) in [7, 11) is 0. The van der Waals surface area contributed by atoms with E-state index in [1.165, 1.54) is 6.21 Å². The number of carbonyl (C=O) groups is 2. The van der Waals surface area contributed by atoms with Crippen molar-refractivity contribution < 1.29 is 14.0 Å². The number of carbonyl (C=O) groups excluding carboxylic acids is 2. The Balaban J connectivity index is 1.23. The molecule has 3 aromatic carbocycles. The van der Waals surface area contributed by atoms with Crippen LogP contribution in [0.5, 0.6) is 0 Å². The zero-order chi connectivity index (χ0) is 24.6. The molecule has 0 spiro atoms. The number of hydrogen-bond donors (Lipinski definition) is 0. The predicted octanol–water partition coefficient (Wildman–Crippen LogP) is 6.48. The maximum absolute atomic E-state index is 13.6. The number of amides is 2. The van der Waals surface area contributed by atoms with Crippen molar-refractivity contribution in [3.05, 3.63) is 117 Å². The zero-order valence-corrected chi connectivity index (χ0v) is 20.3. The lowest BCUT2D eigenvalue weighted by Gasteiger charge is -2.45. The molecule has 2 bridgehead atoms. The van der Waals surface area contributed by atoms with Crippen molar-refractivity contribution in [2.24, 2.45) is 16.9 Å². The maximum atomic E-state index is 13.6. The minimum atomic E-state index is -0.468. The number of rotatable bonds is 3. The zero-order valence-electron chi connectivity index (χ0n) is 18.8. The lowest BCUT2D eigenvalue weighted by Crippen LogP contribution is -2.41. The van der Waals surface area contributed by atoms with Gasteiger partial charge in [-0.15, -0.1) is 0 Å². The van der Waals surface area contributed by atoms with Crippen LogP contribution in [0.15, 0.2) is 88.4 Å². The number of nitrogens with zero attached hydrogens (tertiary/aromatic N) is 2. The van der Waals surface area contributed by atoms with E-state index in [9.17, 15) is 9.59 Å². The summed E-state index contributed by atoms with van der Waals surface area (Å²) in [5.74, 6) is -0.858. The number of benzene rings is 3. The highest BCUT2D eigenvalue weighted by Crippen LogP contribution is 2.60. The van der Waals surface area contributed by atoms with Gasteiger partial charge in [-0.2, -0.15) is 10.1 Å². The first-order chi connectivity index (χ1) is 17.5. The number of furan rings is 1. The summed E-state index contributed by atoms with van der Waals surface area (Å²) in [6, 6.07) is 24.9. The normalized spacial score (nSPS) is 23.8. The minimum absolute atomic E-state index is 0.161. The van der Waals surface area contributed by atoms with E-state index in [0.29, 0.717) is 27.1 Å². The Kier molecular flexibility index (Phi) is 4.75. The van der Waals surface area contributed by atoms with Gasteiger partial charge >= 0.3 is 0 Å². The Morgan fingerprint density at radius 3 is 1.83 bits per heavy atom. The molecule has 36 heavy (non-hydrogen) atoms. The highest BCUT2D eigenvalue weighted by molar-refractivity contribution is 6.36. The summed E-state index contributed by atoms with van der Waals surface area (Å²) < 4.78 is 5.87. The molecule has 1 fully saturated rings. The maximum Gasteiger partial charge on any atom is 0.254 e. The second-order valence-corrected chi connectivity index (χ2v) is 10.2. The van der Waals surface area contributed by atoms with Crippen molar-refractivity contribution in [1.29, 1.82) is 0 Å². The average molecular weight is 513 g/mol. The van der Waals surface area contributed by atoms with Crippen molar-refractivity contribution in [3.63, 3.8) is 0 Å². The van der Waals surface area contributed by atoms with Crippen LogP contribution >= 0.6 is 23.2 Å². The van der Waals surface area contributed by atoms with Crippen LogP contribution in [0.4, 0.5) is 0 Å². The van der Waals surface area contributed by atoms with Gasteiger partial charge in [-0.3, -0.25) is 9.59 Å². The molecule has 8 rings (SSSR count). The molecule has 0 radical (unpaired) electrons. The van der Waals surface area contributed by atoms with Gasteiger partial charge in [-0.1, -0.05) is 71.7 Å². The summed E-state index contributed by atoms with van der Waals surface area (Å²) in [5.41, 5.74) is 5.21. The molecule has 2 amide bonds. The van der Waals surface area contributed by atoms with E-state index in [2.05, 4.69) is 29.4 Å². The first kappa shape index (κ1) is 21.6. The van der Waals surface area contributed by atoms with Crippen LogP contribution in [0, 0.1) is 11.8 Å².